The van der Waals surface area contributed by atoms with Gasteiger partial charge in [-0.1, -0.05) is 55.5 Å². The van der Waals surface area contributed by atoms with E-state index < -0.39 is 11.5 Å². The van der Waals surface area contributed by atoms with Crippen LogP contribution in [0.4, 0.5) is 0 Å². The number of aliphatic hydroxyl groups is 1. The summed E-state index contributed by atoms with van der Waals surface area (Å²) in [4.78, 5) is 12.4. The Kier molecular flexibility index (Phi) is 2.73. The Labute approximate surface area is 129 Å². The number of hydrogen-bond acceptors (Lipinski definition) is 3. The molecule has 0 saturated heterocycles. The van der Waals surface area contributed by atoms with Gasteiger partial charge in [-0.3, -0.25) is 4.79 Å². The summed E-state index contributed by atoms with van der Waals surface area (Å²) in [5.74, 6) is -0.816. The molecule has 0 unspecified atom stereocenters. The highest BCUT2D eigenvalue weighted by molar-refractivity contribution is 5.79. The van der Waals surface area contributed by atoms with Crippen LogP contribution in [0.25, 0.3) is 0 Å². The molecule has 0 aliphatic heterocycles. The zero-order valence-corrected chi connectivity index (χ0v) is 12.6. The summed E-state index contributed by atoms with van der Waals surface area (Å²) < 4.78 is 5.01. The number of rotatable bonds is 1. The Morgan fingerprint density at radius 2 is 1.55 bits per heavy atom. The summed E-state index contributed by atoms with van der Waals surface area (Å²) in [5.41, 5.74) is 2.61. The lowest BCUT2D eigenvalue weighted by Gasteiger charge is -2.53. The number of ether oxygens (including phenoxy) is 1. The van der Waals surface area contributed by atoms with E-state index in [1.54, 1.807) is 0 Å². The van der Waals surface area contributed by atoms with Crippen molar-refractivity contribution in [3.63, 3.8) is 0 Å². The third kappa shape index (κ3) is 1.42. The largest absolute Gasteiger partial charge is 0.469 e. The minimum Gasteiger partial charge on any atom is -0.469 e. The molecule has 0 saturated carbocycles. The van der Waals surface area contributed by atoms with Crippen LogP contribution in [0.2, 0.25) is 0 Å². The lowest BCUT2D eigenvalue weighted by molar-refractivity contribution is -0.160. The standard InChI is InChI=1S/C19H18O3/c1-11-16-12-7-3-5-9-14(12)19(21,17(11)18(20)22-2)15-10-6-4-8-13(15)16/h3-11,16-17,21H,1-2H3/t11-,16?,17-,19?/m1/s1. The molecule has 22 heavy (non-hydrogen) atoms. The Hall–Kier alpha value is -2.13. The van der Waals surface area contributed by atoms with Gasteiger partial charge in [0.25, 0.3) is 0 Å². The Balaban J connectivity index is 2.08. The highest BCUT2D eigenvalue weighted by atomic mass is 16.5. The van der Waals surface area contributed by atoms with Crippen LogP contribution < -0.4 is 0 Å². The number of methoxy groups -OCH3 is 1. The first-order valence-corrected chi connectivity index (χ1v) is 7.59. The fourth-order valence-electron chi connectivity index (χ4n) is 4.53. The van der Waals surface area contributed by atoms with Crippen molar-refractivity contribution in [3.05, 3.63) is 70.8 Å². The molecule has 0 fully saturated rings. The molecule has 1 N–H and O–H groups in total. The van der Waals surface area contributed by atoms with Gasteiger partial charge < -0.3 is 9.84 Å². The zero-order chi connectivity index (χ0) is 15.5. The molecular weight excluding hydrogens is 276 g/mol. The summed E-state index contributed by atoms with van der Waals surface area (Å²) in [6, 6.07) is 15.8. The molecule has 0 aromatic heterocycles. The summed E-state index contributed by atoms with van der Waals surface area (Å²) in [5, 5.41) is 11.7. The second-order valence-corrected chi connectivity index (χ2v) is 6.28. The van der Waals surface area contributed by atoms with Crippen LogP contribution >= 0.6 is 0 Å². The number of hydrogen-bond donors (Lipinski definition) is 1. The number of carbonyl (C=O) groups excluding carboxylic acids is 1. The van der Waals surface area contributed by atoms with Crippen molar-refractivity contribution in [2.45, 2.75) is 18.4 Å². The summed E-state index contributed by atoms with van der Waals surface area (Å²) in [7, 11) is 1.39. The maximum atomic E-state index is 12.4. The van der Waals surface area contributed by atoms with Gasteiger partial charge in [0, 0.05) is 5.92 Å². The van der Waals surface area contributed by atoms with Gasteiger partial charge in [-0.15, -0.1) is 0 Å². The second-order valence-electron chi connectivity index (χ2n) is 6.28. The molecule has 3 aliphatic rings. The molecule has 0 spiro atoms. The number of fused-ring (bicyclic) bond motifs is 1. The Morgan fingerprint density at radius 3 is 2.05 bits per heavy atom. The van der Waals surface area contributed by atoms with Crippen molar-refractivity contribution in [1.82, 2.24) is 0 Å². The van der Waals surface area contributed by atoms with Gasteiger partial charge in [-0.05, 0) is 28.2 Å². The molecule has 3 heteroatoms. The maximum Gasteiger partial charge on any atom is 0.312 e. The minimum absolute atomic E-state index is 0.0118. The fraction of sp³-hybridized carbons (Fsp3) is 0.316. The third-order valence-corrected chi connectivity index (χ3v) is 5.37. The van der Waals surface area contributed by atoms with E-state index in [1.807, 2.05) is 43.3 Å². The van der Waals surface area contributed by atoms with Crippen molar-refractivity contribution in [3.8, 4) is 0 Å². The first kappa shape index (κ1) is 13.5. The summed E-state index contributed by atoms with van der Waals surface area (Å²) in [6.45, 7) is 2.03. The molecule has 0 heterocycles. The first-order valence-electron chi connectivity index (χ1n) is 7.59. The molecule has 3 aliphatic carbocycles. The molecule has 2 aromatic carbocycles. The van der Waals surface area contributed by atoms with E-state index in [0.29, 0.717) is 0 Å². The van der Waals surface area contributed by atoms with Crippen molar-refractivity contribution >= 4 is 5.97 Å². The summed E-state index contributed by atoms with van der Waals surface area (Å²) >= 11 is 0. The van der Waals surface area contributed by atoms with Crippen molar-refractivity contribution < 1.29 is 14.6 Å². The average Bonchev–Trinajstić information content (AvgIpc) is 2.55. The molecule has 112 valence electrons. The zero-order valence-electron chi connectivity index (χ0n) is 12.6. The lowest BCUT2D eigenvalue weighted by atomic mass is 9.52. The van der Waals surface area contributed by atoms with Crippen molar-refractivity contribution in [2.75, 3.05) is 7.11 Å². The molecule has 3 nitrogen and oxygen atoms in total. The van der Waals surface area contributed by atoms with Crippen LogP contribution in [0.15, 0.2) is 48.5 Å². The molecule has 0 amide bonds. The van der Waals surface area contributed by atoms with Gasteiger partial charge in [0.2, 0.25) is 0 Å². The quantitative estimate of drug-likeness (QED) is 0.823. The Bertz CT molecular complexity index is 717. The van der Waals surface area contributed by atoms with E-state index in [-0.39, 0.29) is 17.8 Å². The van der Waals surface area contributed by atoms with E-state index in [4.69, 9.17) is 4.74 Å². The SMILES string of the molecule is COC(=O)[C@H]1[C@H](C)C2c3ccccc3C1(O)c1ccccc12. The molecule has 0 radical (unpaired) electrons. The number of benzene rings is 2. The van der Waals surface area contributed by atoms with Gasteiger partial charge in [0.05, 0.1) is 13.0 Å². The fourth-order valence-corrected chi connectivity index (χ4v) is 4.53. The molecule has 2 aromatic rings. The highest BCUT2D eigenvalue weighted by Crippen LogP contribution is 2.60. The van der Waals surface area contributed by atoms with Crippen LogP contribution in [0.5, 0.6) is 0 Å². The lowest BCUT2D eigenvalue weighted by Crippen LogP contribution is -2.54. The van der Waals surface area contributed by atoms with Crippen LogP contribution in [0.1, 0.15) is 35.1 Å². The second kappa shape index (κ2) is 4.43. The third-order valence-electron chi connectivity index (χ3n) is 5.37. The monoisotopic (exact) mass is 294 g/mol. The predicted octanol–water partition coefficient (Wildman–Crippen LogP) is 2.81. The van der Waals surface area contributed by atoms with E-state index in [1.165, 1.54) is 7.11 Å². The molecule has 2 bridgehead atoms. The normalized spacial score (nSPS) is 31.3. The van der Waals surface area contributed by atoms with E-state index in [2.05, 4.69) is 12.1 Å². The topological polar surface area (TPSA) is 46.5 Å². The number of carbonyl (C=O) groups is 1. The van der Waals surface area contributed by atoms with Gasteiger partial charge in [0.1, 0.15) is 5.60 Å². The summed E-state index contributed by atoms with van der Waals surface area (Å²) in [6.07, 6.45) is 0. The molecule has 2 atom stereocenters. The molecule has 5 rings (SSSR count). The van der Waals surface area contributed by atoms with Gasteiger partial charge >= 0.3 is 5.97 Å². The Morgan fingerprint density at radius 1 is 1.05 bits per heavy atom. The minimum atomic E-state index is -1.31. The smallest absolute Gasteiger partial charge is 0.312 e. The molecular formula is C19H18O3. The van der Waals surface area contributed by atoms with Crippen molar-refractivity contribution in [1.29, 1.82) is 0 Å². The van der Waals surface area contributed by atoms with Gasteiger partial charge in [-0.2, -0.15) is 0 Å². The predicted molar refractivity (Wildman–Crippen MR) is 82.4 cm³/mol. The van der Waals surface area contributed by atoms with Crippen LogP contribution in [-0.4, -0.2) is 18.2 Å². The van der Waals surface area contributed by atoms with Crippen molar-refractivity contribution in [2.24, 2.45) is 11.8 Å². The van der Waals surface area contributed by atoms with Crippen LogP contribution in [0.3, 0.4) is 0 Å². The van der Waals surface area contributed by atoms with E-state index >= 15 is 0 Å². The van der Waals surface area contributed by atoms with E-state index in [0.717, 1.165) is 22.3 Å². The first-order chi connectivity index (χ1) is 10.6. The highest BCUT2D eigenvalue weighted by Gasteiger charge is 2.59. The van der Waals surface area contributed by atoms with E-state index in [9.17, 15) is 9.90 Å². The maximum absolute atomic E-state index is 12.4. The van der Waals surface area contributed by atoms with Gasteiger partial charge in [-0.25, -0.2) is 0 Å². The average molecular weight is 294 g/mol. The van der Waals surface area contributed by atoms with Crippen LogP contribution in [-0.2, 0) is 15.1 Å². The van der Waals surface area contributed by atoms with Crippen LogP contribution in [0, 0.1) is 11.8 Å². The number of esters is 1. The van der Waals surface area contributed by atoms with Gasteiger partial charge in [0.15, 0.2) is 0 Å².